The molecule has 0 aliphatic carbocycles. The maximum Gasteiger partial charge on any atom is 0.315 e. The molecule has 0 unspecified atom stereocenters. The lowest BCUT2D eigenvalue weighted by molar-refractivity contribution is 0.247. The minimum absolute atomic E-state index is 0.0164. The Morgan fingerprint density at radius 3 is 2.64 bits per heavy atom. The van der Waals surface area contributed by atoms with Crippen LogP contribution in [0, 0.1) is 0 Å². The molecule has 2 amide bonds. The van der Waals surface area contributed by atoms with Gasteiger partial charge in [0.1, 0.15) is 0 Å². The van der Waals surface area contributed by atoms with Crippen molar-refractivity contribution in [3.63, 3.8) is 0 Å². The number of benzene rings is 1. The highest BCUT2D eigenvalue weighted by Crippen LogP contribution is 2.26. The maximum absolute atomic E-state index is 10.9. The summed E-state index contributed by atoms with van der Waals surface area (Å²) in [7, 11) is 0. The molecule has 1 aromatic carbocycles. The summed E-state index contributed by atoms with van der Waals surface area (Å²) < 4.78 is 0. The number of amides is 2. The molecular formula is C9H8Cl2N2O. The summed E-state index contributed by atoms with van der Waals surface area (Å²) >= 11 is 11.6. The lowest BCUT2D eigenvalue weighted by atomic mass is 10.1. The number of hydrogen-bond donors (Lipinski definition) is 2. The molecule has 1 fully saturated rings. The van der Waals surface area contributed by atoms with E-state index in [1.54, 1.807) is 12.1 Å². The molecule has 14 heavy (non-hydrogen) atoms. The molecule has 1 aromatic rings. The fourth-order valence-corrected chi connectivity index (χ4v) is 1.69. The summed E-state index contributed by atoms with van der Waals surface area (Å²) in [5.74, 6) is 0. The average molecular weight is 231 g/mol. The van der Waals surface area contributed by atoms with E-state index in [4.69, 9.17) is 23.2 Å². The molecule has 0 radical (unpaired) electrons. The van der Waals surface area contributed by atoms with Gasteiger partial charge in [0.2, 0.25) is 0 Å². The van der Waals surface area contributed by atoms with Crippen LogP contribution in [-0.2, 0) is 0 Å². The molecule has 3 nitrogen and oxygen atoms in total. The van der Waals surface area contributed by atoms with Gasteiger partial charge in [0.15, 0.2) is 0 Å². The minimum atomic E-state index is -0.152. The molecule has 74 valence electrons. The third-order valence-electron chi connectivity index (χ3n) is 2.12. The van der Waals surface area contributed by atoms with Crippen LogP contribution in [0.25, 0.3) is 0 Å². The smallest absolute Gasteiger partial charge is 0.315 e. The Balaban J connectivity index is 2.24. The highest BCUT2D eigenvalue weighted by molar-refractivity contribution is 6.42. The van der Waals surface area contributed by atoms with Gasteiger partial charge < -0.3 is 10.6 Å². The summed E-state index contributed by atoms with van der Waals surface area (Å²) in [4.78, 5) is 10.9. The molecule has 0 bridgehead atoms. The van der Waals surface area contributed by atoms with Crippen LogP contribution in [0.2, 0.25) is 10.0 Å². The topological polar surface area (TPSA) is 41.1 Å². The summed E-state index contributed by atoms with van der Waals surface area (Å²) in [6.07, 6.45) is 0. The van der Waals surface area contributed by atoms with Gasteiger partial charge in [-0.1, -0.05) is 29.3 Å². The number of hydrogen-bond acceptors (Lipinski definition) is 1. The summed E-state index contributed by atoms with van der Waals surface area (Å²) in [6.45, 7) is 0.580. The van der Waals surface area contributed by atoms with Crippen LogP contribution in [0.4, 0.5) is 4.79 Å². The normalized spacial score (nSPS) is 20.4. The van der Waals surface area contributed by atoms with Crippen LogP contribution in [0.5, 0.6) is 0 Å². The standard InChI is InChI=1S/C9H8Cl2N2O/c10-6-2-1-5(3-7(6)11)8-4-12-9(14)13-8/h1-3,8H,4H2,(H2,12,13,14)/t8-/m0/s1. The van der Waals surface area contributed by atoms with E-state index >= 15 is 0 Å². The van der Waals surface area contributed by atoms with Crippen LogP contribution < -0.4 is 10.6 Å². The Morgan fingerprint density at radius 2 is 2.07 bits per heavy atom. The van der Waals surface area contributed by atoms with Crippen molar-refractivity contribution < 1.29 is 4.79 Å². The van der Waals surface area contributed by atoms with Gasteiger partial charge in [0.25, 0.3) is 0 Å². The van der Waals surface area contributed by atoms with Gasteiger partial charge in [0, 0.05) is 6.54 Å². The van der Waals surface area contributed by atoms with Gasteiger partial charge >= 0.3 is 6.03 Å². The molecule has 1 aliphatic heterocycles. The van der Waals surface area contributed by atoms with E-state index in [0.717, 1.165) is 5.56 Å². The van der Waals surface area contributed by atoms with Crippen molar-refractivity contribution in [3.05, 3.63) is 33.8 Å². The van der Waals surface area contributed by atoms with Gasteiger partial charge in [-0.25, -0.2) is 4.79 Å². The van der Waals surface area contributed by atoms with Crippen molar-refractivity contribution in [2.24, 2.45) is 0 Å². The molecule has 1 heterocycles. The van der Waals surface area contributed by atoms with Crippen molar-refractivity contribution in [1.29, 1.82) is 0 Å². The van der Waals surface area contributed by atoms with Crippen LogP contribution in [0.1, 0.15) is 11.6 Å². The van der Waals surface area contributed by atoms with E-state index in [-0.39, 0.29) is 12.1 Å². The van der Waals surface area contributed by atoms with Crippen LogP contribution in [0.15, 0.2) is 18.2 Å². The minimum Gasteiger partial charge on any atom is -0.336 e. The monoisotopic (exact) mass is 230 g/mol. The first-order chi connectivity index (χ1) is 6.66. The summed E-state index contributed by atoms with van der Waals surface area (Å²) in [5.41, 5.74) is 0.956. The van der Waals surface area contributed by atoms with E-state index in [1.165, 1.54) is 0 Å². The SMILES string of the molecule is O=C1NC[C@@H](c2ccc(Cl)c(Cl)c2)N1. The maximum atomic E-state index is 10.9. The first kappa shape index (κ1) is 9.62. The molecule has 0 spiro atoms. The Labute approximate surface area is 91.4 Å². The zero-order chi connectivity index (χ0) is 10.1. The molecule has 2 rings (SSSR count). The lowest BCUT2D eigenvalue weighted by Crippen LogP contribution is -2.21. The van der Waals surface area contributed by atoms with E-state index < -0.39 is 0 Å². The molecule has 2 N–H and O–H groups in total. The summed E-state index contributed by atoms with van der Waals surface area (Å²) in [5, 5.41) is 6.47. The molecule has 0 aromatic heterocycles. The first-order valence-electron chi connectivity index (χ1n) is 4.16. The van der Waals surface area contributed by atoms with E-state index in [0.29, 0.717) is 16.6 Å². The van der Waals surface area contributed by atoms with Gasteiger partial charge in [-0.05, 0) is 17.7 Å². The Bertz CT molecular complexity index is 381. The van der Waals surface area contributed by atoms with E-state index in [1.807, 2.05) is 6.07 Å². The van der Waals surface area contributed by atoms with Crippen LogP contribution in [0.3, 0.4) is 0 Å². The fourth-order valence-electron chi connectivity index (χ4n) is 1.39. The van der Waals surface area contributed by atoms with Crippen molar-refractivity contribution in [3.8, 4) is 0 Å². The summed E-state index contributed by atoms with van der Waals surface area (Å²) in [6, 6.07) is 5.18. The van der Waals surface area contributed by atoms with E-state index in [9.17, 15) is 4.79 Å². The molecule has 1 atom stereocenters. The predicted molar refractivity (Wildman–Crippen MR) is 55.7 cm³/mol. The van der Waals surface area contributed by atoms with Gasteiger partial charge in [-0.3, -0.25) is 0 Å². The molecule has 1 saturated heterocycles. The third-order valence-corrected chi connectivity index (χ3v) is 2.86. The molecule has 0 saturated carbocycles. The van der Waals surface area contributed by atoms with Crippen molar-refractivity contribution in [2.45, 2.75) is 6.04 Å². The highest BCUT2D eigenvalue weighted by atomic mass is 35.5. The first-order valence-corrected chi connectivity index (χ1v) is 4.92. The second-order valence-electron chi connectivity index (χ2n) is 3.08. The zero-order valence-corrected chi connectivity index (χ0v) is 8.69. The average Bonchev–Trinajstić information content (AvgIpc) is 2.57. The van der Waals surface area contributed by atoms with Crippen molar-refractivity contribution in [1.82, 2.24) is 10.6 Å². The van der Waals surface area contributed by atoms with Gasteiger partial charge in [-0.2, -0.15) is 0 Å². The Morgan fingerprint density at radius 1 is 1.29 bits per heavy atom. The van der Waals surface area contributed by atoms with Crippen LogP contribution in [-0.4, -0.2) is 12.6 Å². The molecular weight excluding hydrogens is 223 g/mol. The predicted octanol–water partition coefficient (Wildman–Crippen LogP) is 2.35. The lowest BCUT2D eigenvalue weighted by Gasteiger charge is -2.09. The Hall–Kier alpha value is -0.930. The van der Waals surface area contributed by atoms with Crippen LogP contribution >= 0.6 is 23.2 Å². The fraction of sp³-hybridized carbons (Fsp3) is 0.222. The number of nitrogens with one attached hydrogen (secondary N) is 2. The third kappa shape index (κ3) is 1.79. The van der Waals surface area contributed by atoms with Gasteiger partial charge in [0.05, 0.1) is 16.1 Å². The molecule has 1 aliphatic rings. The molecule has 5 heteroatoms. The number of rotatable bonds is 1. The Kier molecular flexibility index (Phi) is 2.52. The largest absolute Gasteiger partial charge is 0.336 e. The number of carbonyl (C=O) groups is 1. The zero-order valence-electron chi connectivity index (χ0n) is 7.18. The van der Waals surface area contributed by atoms with Crippen molar-refractivity contribution >= 4 is 29.2 Å². The van der Waals surface area contributed by atoms with Crippen molar-refractivity contribution in [2.75, 3.05) is 6.54 Å². The second kappa shape index (κ2) is 3.67. The van der Waals surface area contributed by atoms with E-state index in [2.05, 4.69) is 10.6 Å². The quantitative estimate of drug-likeness (QED) is 0.765. The van der Waals surface area contributed by atoms with Gasteiger partial charge in [-0.15, -0.1) is 0 Å². The second-order valence-corrected chi connectivity index (χ2v) is 3.89. The number of urea groups is 1. The highest BCUT2D eigenvalue weighted by Gasteiger charge is 2.21. The number of carbonyl (C=O) groups excluding carboxylic acids is 1. The number of halogens is 2.